The van der Waals surface area contributed by atoms with Crippen molar-refractivity contribution >= 4 is 10.8 Å². The Morgan fingerprint density at radius 1 is 1.14 bits per heavy atom. The van der Waals surface area contributed by atoms with Crippen LogP contribution < -0.4 is 4.74 Å². The first-order valence-electron chi connectivity index (χ1n) is 6.85. The summed E-state index contributed by atoms with van der Waals surface area (Å²) in [6.07, 6.45) is 7.15. The van der Waals surface area contributed by atoms with Crippen LogP contribution in [0.2, 0.25) is 0 Å². The predicted molar refractivity (Wildman–Crippen MR) is 81.5 cm³/mol. The molecule has 2 atom stereocenters. The van der Waals surface area contributed by atoms with Crippen LogP contribution in [-0.4, -0.2) is 10.9 Å². The number of rotatable bonds is 3. The van der Waals surface area contributed by atoms with Gasteiger partial charge in [0.25, 0.3) is 0 Å². The summed E-state index contributed by atoms with van der Waals surface area (Å²) in [5.74, 6) is -1.26. The Bertz CT molecular complexity index is 752. The molecule has 0 aromatic heterocycles. The zero-order valence-corrected chi connectivity index (χ0v) is 11.4. The van der Waals surface area contributed by atoms with E-state index in [4.69, 9.17) is 10.00 Å². The van der Waals surface area contributed by atoms with Gasteiger partial charge in [0, 0.05) is 11.8 Å². The van der Waals surface area contributed by atoms with Crippen molar-refractivity contribution in [3.8, 4) is 11.8 Å². The molecule has 104 valence electrons. The number of fused-ring (bicyclic) bond motifs is 1. The summed E-state index contributed by atoms with van der Waals surface area (Å²) < 4.78 is 5.89. The predicted octanol–water partition coefficient (Wildman–Crippen LogP) is 3.56. The number of nitrogens with zero attached hydrogens (tertiary/aromatic N) is 1. The molecule has 1 aliphatic carbocycles. The van der Waals surface area contributed by atoms with Crippen LogP contribution in [0.25, 0.3) is 10.8 Å². The summed E-state index contributed by atoms with van der Waals surface area (Å²) in [6.45, 7) is 0. The largest absolute Gasteiger partial charge is 0.458 e. The van der Waals surface area contributed by atoms with Crippen molar-refractivity contribution in [2.75, 3.05) is 0 Å². The molecule has 1 N–H and O–H groups in total. The fourth-order valence-corrected chi connectivity index (χ4v) is 2.54. The fraction of sp³-hybridized carbons (Fsp3) is 0.167. The van der Waals surface area contributed by atoms with Crippen molar-refractivity contribution in [3.05, 3.63) is 66.8 Å². The Labute approximate surface area is 123 Å². The van der Waals surface area contributed by atoms with Crippen LogP contribution in [0.5, 0.6) is 5.75 Å². The van der Waals surface area contributed by atoms with Gasteiger partial charge in [-0.05, 0) is 17.5 Å². The van der Waals surface area contributed by atoms with Crippen LogP contribution in [0, 0.1) is 17.2 Å². The molecule has 0 spiro atoms. The van der Waals surface area contributed by atoms with Gasteiger partial charge in [-0.1, -0.05) is 54.6 Å². The zero-order chi connectivity index (χ0) is 14.7. The van der Waals surface area contributed by atoms with Crippen molar-refractivity contribution < 1.29 is 9.84 Å². The number of benzene rings is 2. The minimum atomic E-state index is -1.49. The lowest BCUT2D eigenvalue weighted by atomic mass is 9.91. The van der Waals surface area contributed by atoms with Crippen LogP contribution >= 0.6 is 0 Å². The second-order valence-corrected chi connectivity index (χ2v) is 5.04. The molecule has 0 radical (unpaired) electrons. The van der Waals surface area contributed by atoms with Gasteiger partial charge in [-0.15, -0.1) is 0 Å². The third-order valence-electron chi connectivity index (χ3n) is 3.66. The van der Waals surface area contributed by atoms with Crippen molar-refractivity contribution in [3.63, 3.8) is 0 Å². The molecular formula is C18H15NO2. The number of hydrogen-bond acceptors (Lipinski definition) is 3. The van der Waals surface area contributed by atoms with E-state index in [1.165, 1.54) is 0 Å². The van der Waals surface area contributed by atoms with E-state index < -0.39 is 5.79 Å². The molecule has 0 heterocycles. The number of ether oxygens (including phenoxy) is 1. The average molecular weight is 277 g/mol. The second-order valence-electron chi connectivity index (χ2n) is 5.04. The third kappa shape index (κ3) is 2.54. The number of hydrogen-bond donors (Lipinski definition) is 1. The molecule has 0 bridgehead atoms. The van der Waals surface area contributed by atoms with Crippen molar-refractivity contribution in [2.24, 2.45) is 5.92 Å². The molecule has 3 nitrogen and oxygen atoms in total. The van der Waals surface area contributed by atoms with E-state index in [1.807, 2.05) is 48.5 Å². The van der Waals surface area contributed by atoms with Gasteiger partial charge in [-0.2, -0.15) is 5.26 Å². The van der Waals surface area contributed by atoms with Crippen LogP contribution in [-0.2, 0) is 0 Å². The molecule has 2 unspecified atom stereocenters. The zero-order valence-electron chi connectivity index (χ0n) is 11.4. The van der Waals surface area contributed by atoms with Crippen LogP contribution in [0.15, 0.2) is 66.8 Å². The van der Waals surface area contributed by atoms with Crippen molar-refractivity contribution in [1.82, 2.24) is 0 Å². The van der Waals surface area contributed by atoms with E-state index in [1.54, 1.807) is 18.2 Å². The molecular weight excluding hydrogens is 262 g/mol. The van der Waals surface area contributed by atoms with Crippen LogP contribution in [0.3, 0.4) is 0 Å². The van der Waals surface area contributed by atoms with Crippen molar-refractivity contribution in [2.45, 2.75) is 12.2 Å². The van der Waals surface area contributed by atoms with Gasteiger partial charge in [0.1, 0.15) is 5.75 Å². The van der Waals surface area contributed by atoms with Gasteiger partial charge < -0.3 is 9.84 Å². The lowest BCUT2D eigenvalue weighted by Gasteiger charge is -2.33. The normalized spacial score (nSPS) is 23.9. The number of nitriles is 1. The maximum Gasteiger partial charge on any atom is 0.235 e. The van der Waals surface area contributed by atoms with Gasteiger partial charge in [0.2, 0.25) is 5.79 Å². The maximum atomic E-state index is 10.8. The Kier molecular flexibility index (Phi) is 3.47. The molecule has 1 aliphatic rings. The van der Waals surface area contributed by atoms with E-state index in [2.05, 4.69) is 6.07 Å². The van der Waals surface area contributed by atoms with Gasteiger partial charge >= 0.3 is 0 Å². The molecule has 3 heteroatoms. The first kappa shape index (κ1) is 13.4. The van der Waals surface area contributed by atoms with Crippen LogP contribution in [0.1, 0.15) is 6.42 Å². The molecule has 2 aromatic rings. The molecule has 0 amide bonds. The Morgan fingerprint density at radius 2 is 1.95 bits per heavy atom. The van der Waals surface area contributed by atoms with Gasteiger partial charge in [0.15, 0.2) is 0 Å². The molecule has 3 rings (SSSR count). The Morgan fingerprint density at radius 3 is 2.81 bits per heavy atom. The van der Waals surface area contributed by atoms with E-state index in [0.717, 1.165) is 10.8 Å². The molecule has 0 aliphatic heterocycles. The Hall–Kier alpha value is -2.57. The van der Waals surface area contributed by atoms with E-state index in [9.17, 15) is 5.11 Å². The quantitative estimate of drug-likeness (QED) is 0.873. The van der Waals surface area contributed by atoms with Gasteiger partial charge in [0.05, 0.1) is 12.0 Å². The average Bonchev–Trinajstić information content (AvgIpc) is 2.50. The van der Waals surface area contributed by atoms with Crippen LogP contribution in [0.4, 0.5) is 0 Å². The van der Waals surface area contributed by atoms with Gasteiger partial charge in [-0.3, -0.25) is 0 Å². The summed E-state index contributed by atoms with van der Waals surface area (Å²) in [7, 11) is 0. The highest BCUT2D eigenvalue weighted by Crippen LogP contribution is 2.34. The monoisotopic (exact) mass is 277 g/mol. The highest BCUT2D eigenvalue weighted by molar-refractivity contribution is 5.88. The van der Waals surface area contributed by atoms with E-state index in [0.29, 0.717) is 5.75 Å². The van der Waals surface area contributed by atoms with E-state index >= 15 is 0 Å². The minimum Gasteiger partial charge on any atom is -0.458 e. The molecule has 0 saturated heterocycles. The summed E-state index contributed by atoms with van der Waals surface area (Å²) >= 11 is 0. The first-order valence-corrected chi connectivity index (χ1v) is 6.85. The summed E-state index contributed by atoms with van der Waals surface area (Å²) in [5.41, 5.74) is 0. The first-order chi connectivity index (χ1) is 10.2. The number of allylic oxidation sites excluding steroid dienone is 2. The molecule has 0 fully saturated rings. The number of aliphatic hydroxyl groups is 1. The summed E-state index contributed by atoms with van der Waals surface area (Å²) in [5, 5.41) is 21.7. The highest BCUT2D eigenvalue weighted by Gasteiger charge is 2.36. The Balaban J connectivity index is 1.99. The van der Waals surface area contributed by atoms with Crippen molar-refractivity contribution in [1.29, 1.82) is 5.26 Å². The highest BCUT2D eigenvalue weighted by atomic mass is 16.6. The lowest BCUT2D eigenvalue weighted by molar-refractivity contribution is -0.124. The maximum absolute atomic E-state index is 10.8. The molecule has 21 heavy (non-hydrogen) atoms. The molecule has 0 saturated carbocycles. The molecule has 2 aromatic carbocycles. The summed E-state index contributed by atoms with van der Waals surface area (Å²) in [6, 6.07) is 15.7. The standard InChI is InChI=1S/C18H15NO2/c19-13-11-15-8-3-4-12-18(15,20)21-17-10-5-7-14-6-1-2-9-16(14)17/h1-10,12,15,20H,11H2. The smallest absolute Gasteiger partial charge is 0.235 e. The SMILES string of the molecule is N#CCC1C=CC=CC1(O)Oc1cccc2ccccc12. The lowest BCUT2D eigenvalue weighted by Crippen LogP contribution is -2.42. The van der Waals surface area contributed by atoms with Gasteiger partial charge in [-0.25, -0.2) is 0 Å². The second kappa shape index (κ2) is 5.43. The summed E-state index contributed by atoms with van der Waals surface area (Å²) in [4.78, 5) is 0. The fourth-order valence-electron chi connectivity index (χ4n) is 2.54. The topological polar surface area (TPSA) is 53.2 Å². The van der Waals surface area contributed by atoms with E-state index in [-0.39, 0.29) is 12.3 Å². The third-order valence-corrected chi connectivity index (χ3v) is 3.66. The minimum absolute atomic E-state index is 0.197.